The third kappa shape index (κ3) is 6.05. The van der Waals surface area contributed by atoms with Crippen molar-refractivity contribution in [3.05, 3.63) is 0 Å². The molecule has 0 unspecified atom stereocenters. The van der Waals surface area contributed by atoms with E-state index < -0.39 is 44.8 Å². The Labute approximate surface area is 94.9 Å². The van der Waals surface area contributed by atoms with Crippen LogP contribution < -0.4 is 0 Å². The fraction of sp³-hybridized carbons (Fsp3) is 0.833. The van der Waals surface area contributed by atoms with Crippen molar-refractivity contribution in [2.24, 2.45) is 0 Å². The molecular weight excluding hydrogens is 263 g/mol. The lowest BCUT2D eigenvalue weighted by Crippen LogP contribution is -2.48. The van der Waals surface area contributed by atoms with Crippen LogP contribution in [0.25, 0.3) is 0 Å². The van der Waals surface area contributed by atoms with Gasteiger partial charge in [-0.15, -0.1) is 0 Å². The Bertz CT molecular complexity index is 299. The highest BCUT2D eigenvalue weighted by Crippen LogP contribution is 2.35. The number of aliphatic hydroxyl groups excluding tert-OH is 4. The van der Waals surface area contributed by atoms with E-state index in [0.29, 0.717) is 0 Å². The summed E-state index contributed by atoms with van der Waals surface area (Å²) in [5.41, 5.74) is 0. The predicted octanol–water partition coefficient (Wildman–Crippen LogP) is -3.38. The van der Waals surface area contributed by atoms with Gasteiger partial charge in [0.25, 0.3) is 0 Å². The molecule has 0 heterocycles. The van der Waals surface area contributed by atoms with Crippen LogP contribution in [0.3, 0.4) is 0 Å². The van der Waals surface area contributed by atoms with E-state index in [4.69, 9.17) is 35.3 Å². The van der Waals surface area contributed by atoms with E-state index in [1.54, 1.807) is 0 Å². The average Bonchev–Trinajstić information content (AvgIpc) is 2.21. The molecule has 0 spiro atoms. The number of rotatable bonds is 7. The lowest BCUT2D eigenvalue weighted by atomic mass is 10.0. The van der Waals surface area contributed by atoms with Gasteiger partial charge in [-0.1, -0.05) is 0 Å². The maximum Gasteiger partial charge on any atom is 0.469 e. The van der Waals surface area contributed by atoms with Crippen LogP contribution in [0.5, 0.6) is 0 Å². The first kappa shape index (κ1) is 16.4. The number of phosphoric ester groups is 1. The Hall–Kier alpha value is -0.580. The molecule has 0 rings (SSSR count). The molecule has 10 nitrogen and oxygen atoms in total. The molecule has 0 aromatic heterocycles. The molecule has 0 saturated heterocycles. The average molecular weight is 276 g/mol. The van der Waals surface area contributed by atoms with Crippen LogP contribution in [0.2, 0.25) is 0 Å². The zero-order chi connectivity index (χ0) is 13.8. The summed E-state index contributed by atoms with van der Waals surface area (Å²) in [6.07, 6.45) is -8.71. The van der Waals surface area contributed by atoms with Crippen LogP contribution in [0.4, 0.5) is 0 Å². The summed E-state index contributed by atoms with van der Waals surface area (Å²) in [7, 11) is -4.86. The highest BCUT2D eigenvalue weighted by atomic mass is 31.2. The summed E-state index contributed by atoms with van der Waals surface area (Å²) >= 11 is 0. The number of hydrogen-bond donors (Lipinski definition) is 7. The Morgan fingerprint density at radius 3 is 1.94 bits per heavy atom. The van der Waals surface area contributed by atoms with E-state index >= 15 is 0 Å². The van der Waals surface area contributed by atoms with Gasteiger partial charge in [0.1, 0.15) is 18.3 Å². The van der Waals surface area contributed by atoms with E-state index in [9.17, 15) is 9.36 Å². The molecule has 4 atom stereocenters. The maximum atomic E-state index is 10.2. The number of carboxylic acids is 1. The molecule has 0 fully saturated rings. The van der Waals surface area contributed by atoms with Gasteiger partial charge in [0.15, 0.2) is 6.10 Å². The van der Waals surface area contributed by atoms with Gasteiger partial charge in [-0.3, -0.25) is 4.52 Å². The monoisotopic (exact) mass is 276 g/mol. The van der Waals surface area contributed by atoms with Gasteiger partial charge in [-0.25, -0.2) is 9.36 Å². The second-order valence-corrected chi connectivity index (χ2v) is 4.36. The number of aliphatic hydroxyl groups is 4. The highest BCUT2D eigenvalue weighted by molar-refractivity contribution is 7.46. The van der Waals surface area contributed by atoms with Crippen molar-refractivity contribution in [1.29, 1.82) is 0 Å². The first-order chi connectivity index (χ1) is 7.56. The van der Waals surface area contributed by atoms with Crippen LogP contribution in [0, 0.1) is 0 Å². The van der Waals surface area contributed by atoms with Crippen LogP contribution >= 0.6 is 7.82 Å². The van der Waals surface area contributed by atoms with E-state index in [1.165, 1.54) is 0 Å². The molecule has 0 aliphatic rings. The normalized spacial score (nSPS) is 19.4. The molecule has 7 N–H and O–H groups in total. The number of hydrogen-bond acceptors (Lipinski definition) is 7. The standard InChI is InChI=1S/C6H13O10P/c7-2(1-16-17(13,14)15)3(8)4(9)5(10)6(11)12/h2-5,7-10H,1H2,(H,11,12)(H2,13,14,15)/t2-,3+,4-,5-/m1/s1. The lowest BCUT2D eigenvalue weighted by Gasteiger charge is -2.24. The minimum absolute atomic E-state index is 1.05. The van der Waals surface area contributed by atoms with Crippen LogP contribution in [-0.2, 0) is 13.9 Å². The van der Waals surface area contributed by atoms with Gasteiger partial charge in [-0.05, 0) is 0 Å². The Kier molecular flexibility index (Phi) is 6.16. The predicted molar refractivity (Wildman–Crippen MR) is 49.7 cm³/mol. The van der Waals surface area contributed by atoms with Gasteiger partial charge in [0.05, 0.1) is 6.61 Å². The van der Waals surface area contributed by atoms with Crippen molar-refractivity contribution >= 4 is 13.8 Å². The fourth-order valence-corrected chi connectivity index (χ4v) is 1.18. The summed E-state index contributed by atoms with van der Waals surface area (Å²) in [5.74, 6) is -1.83. The minimum atomic E-state index is -4.86. The topological polar surface area (TPSA) is 185 Å². The van der Waals surface area contributed by atoms with Gasteiger partial charge in [0, 0.05) is 0 Å². The fourth-order valence-electron chi connectivity index (χ4n) is 0.833. The van der Waals surface area contributed by atoms with E-state index in [2.05, 4.69) is 4.52 Å². The first-order valence-corrected chi connectivity index (χ1v) is 5.74. The molecule has 0 radical (unpaired) electrons. The zero-order valence-corrected chi connectivity index (χ0v) is 9.21. The van der Waals surface area contributed by atoms with Crippen molar-refractivity contribution in [2.75, 3.05) is 6.61 Å². The summed E-state index contributed by atoms with van der Waals surface area (Å²) in [6.45, 7) is -1.05. The molecule has 11 heteroatoms. The minimum Gasteiger partial charge on any atom is -0.479 e. The van der Waals surface area contributed by atoms with Crippen molar-refractivity contribution in [1.82, 2.24) is 0 Å². The Balaban J connectivity index is 4.34. The molecule has 0 amide bonds. The van der Waals surface area contributed by atoms with Gasteiger partial charge in [0.2, 0.25) is 0 Å². The van der Waals surface area contributed by atoms with Crippen LogP contribution in [0.15, 0.2) is 0 Å². The van der Waals surface area contributed by atoms with Gasteiger partial charge < -0.3 is 35.3 Å². The third-order valence-electron chi connectivity index (χ3n) is 1.73. The molecule has 0 aromatic carbocycles. The molecule has 0 aliphatic carbocycles. The van der Waals surface area contributed by atoms with E-state index in [-0.39, 0.29) is 0 Å². The molecule has 102 valence electrons. The highest BCUT2D eigenvalue weighted by Gasteiger charge is 2.35. The van der Waals surface area contributed by atoms with Crippen LogP contribution in [0.1, 0.15) is 0 Å². The van der Waals surface area contributed by atoms with Gasteiger partial charge in [-0.2, -0.15) is 0 Å². The number of phosphoric acid groups is 1. The summed E-state index contributed by atoms with van der Waals surface area (Å²) in [5, 5.41) is 44.4. The summed E-state index contributed by atoms with van der Waals surface area (Å²) in [4.78, 5) is 26.8. The van der Waals surface area contributed by atoms with Gasteiger partial charge >= 0.3 is 13.8 Å². The van der Waals surface area contributed by atoms with Crippen molar-refractivity contribution in [2.45, 2.75) is 24.4 Å². The van der Waals surface area contributed by atoms with Crippen molar-refractivity contribution in [3.63, 3.8) is 0 Å². The molecule has 0 aliphatic heterocycles. The second-order valence-electron chi connectivity index (χ2n) is 3.12. The SMILES string of the molecule is O=C(O)[C@H](O)[C@H](O)[C@@H](O)[C@H](O)COP(=O)(O)O. The second kappa shape index (κ2) is 6.38. The number of aliphatic carboxylic acids is 1. The van der Waals surface area contributed by atoms with Crippen LogP contribution in [-0.4, -0.2) is 72.3 Å². The smallest absolute Gasteiger partial charge is 0.469 e. The molecule has 17 heavy (non-hydrogen) atoms. The zero-order valence-electron chi connectivity index (χ0n) is 8.32. The van der Waals surface area contributed by atoms with E-state index in [0.717, 1.165) is 0 Å². The maximum absolute atomic E-state index is 10.2. The summed E-state index contributed by atoms with van der Waals surface area (Å²) in [6, 6.07) is 0. The van der Waals surface area contributed by atoms with Crippen molar-refractivity contribution in [3.8, 4) is 0 Å². The summed E-state index contributed by atoms with van der Waals surface area (Å²) < 4.78 is 14.1. The number of carbonyl (C=O) groups is 1. The molecule has 0 saturated carbocycles. The molecule has 0 bridgehead atoms. The largest absolute Gasteiger partial charge is 0.479 e. The third-order valence-corrected chi connectivity index (χ3v) is 2.22. The quantitative estimate of drug-likeness (QED) is 0.231. The van der Waals surface area contributed by atoms with Crippen molar-refractivity contribution < 1.29 is 49.2 Å². The number of carboxylic acid groups (broad SMARTS) is 1. The lowest BCUT2D eigenvalue weighted by molar-refractivity contribution is -0.164. The van der Waals surface area contributed by atoms with E-state index in [1.807, 2.05) is 0 Å². The first-order valence-electron chi connectivity index (χ1n) is 4.21. The molecular formula is C6H13O10P. The Morgan fingerprint density at radius 1 is 1.12 bits per heavy atom. The molecule has 0 aromatic rings. The Morgan fingerprint density at radius 2 is 1.59 bits per heavy atom.